The second kappa shape index (κ2) is 4.78. The largest absolute Gasteiger partial charge is 0.459 e. The molecule has 0 spiro atoms. The molecule has 0 unspecified atom stereocenters. The van der Waals surface area contributed by atoms with E-state index in [0.29, 0.717) is 0 Å². The molecule has 3 heteroatoms. The first kappa shape index (κ1) is 11.0. The van der Waals surface area contributed by atoms with Gasteiger partial charge >= 0.3 is 5.97 Å². The number of hydrogen-bond acceptors (Lipinski definition) is 3. The smallest absolute Gasteiger partial charge is 0.318 e. The standard InChI is InChI=1S/C9H14O3/c1-9(2,3)12-8(11)6-4-5-7-10/h10H,6-7H2,1-3H3. The molecule has 68 valence electrons. The van der Waals surface area contributed by atoms with Crippen LogP contribution in [0.25, 0.3) is 0 Å². The lowest BCUT2D eigenvalue weighted by Crippen LogP contribution is -2.23. The molecule has 0 saturated heterocycles. The predicted molar refractivity (Wildman–Crippen MR) is 45.3 cm³/mol. The highest BCUT2D eigenvalue weighted by atomic mass is 16.6. The highest BCUT2D eigenvalue weighted by Crippen LogP contribution is 2.07. The van der Waals surface area contributed by atoms with Gasteiger partial charge in [0.25, 0.3) is 0 Å². The van der Waals surface area contributed by atoms with Crippen LogP contribution in [0.5, 0.6) is 0 Å². The number of carbonyl (C=O) groups is 1. The third-order valence-corrected chi connectivity index (χ3v) is 0.857. The van der Waals surface area contributed by atoms with Crippen molar-refractivity contribution in [3.05, 3.63) is 0 Å². The molecule has 0 aromatic carbocycles. The van der Waals surface area contributed by atoms with Gasteiger partial charge in [0, 0.05) is 0 Å². The van der Waals surface area contributed by atoms with E-state index in [1.54, 1.807) is 20.8 Å². The lowest BCUT2D eigenvalue weighted by molar-refractivity contribution is -0.153. The number of carbonyl (C=O) groups excluding carboxylic acids is 1. The summed E-state index contributed by atoms with van der Waals surface area (Å²) in [6.45, 7) is 5.17. The van der Waals surface area contributed by atoms with Crippen molar-refractivity contribution in [1.29, 1.82) is 0 Å². The quantitative estimate of drug-likeness (QED) is 0.466. The third kappa shape index (κ3) is 7.10. The van der Waals surface area contributed by atoms with E-state index < -0.39 is 5.60 Å². The molecule has 0 aliphatic carbocycles. The van der Waals surface area contributed by atoms with Crippen LogP contribution in [0, 0.1) is 11.8 Å². The molecule has 0 amide bonds. The Morgan fingerprint density at radius 1 is 1.42 bits per heavy atom. The third-order valence-electron chi connectivity index (χ3n) is 0.857. The molecular formula is C9H14O3. The lowest BCUT2D eigenvalue weighted by atomic mass is 10.2. The van der Waals surface area contributed by atoms with Crippen LogP contribution in [0.2, 0.25) is 0 Å². The first-order valence-electron chi connectivity index (χ1n) is 3.74. The minimum atomic E-state index is -0.460. The van der Waals surface area contributed by atoms with Gasteiger partial charge in [-0.05, 0) is 20.8 Å². The van der Waals surface area contributed by atoms with Crippen LogP contribution in [0.4, 0.5) is 0 Å². The van der Waals surface area contributed by atoms with Gasteiger partial charge in [0.15, 0.2) is 0 Å². The number of ether oxygens (including phenoxy) is 1. The molecule has 0 radical (unpaired) electrons. The first-order valence-corrected chi connectivity index (χ1v) is 3.74. The maximum absolute atomic E-state index is 10.9. The SMILES string of the molecule is CC(C)(C)OC(=O)CC#CCO. The lowest BCUT2D eigenvalue weighted by Gasteiger charge is -2.18. The molecule has 0 atom stereocenters. The summed E-state index contributed by atoms with van der Waals surface area (Å²) in [6, 6.07) is 0. The number of esters is 1. The summed E-state index contributed by atoms with van der Waals surface area (Å²) < 4.78 is 4.96. The Morgan fingerprint density at radius 3 is 2.42 bits per heavy atom. The second-order valence-corrected chi connectivity index (χ2v) is 3.27. The molecule has 0 heterocycles. The van der Waals surface area contributed by atoms with Gasteiger partial charge in [-0.25, -0.2) is 0 Å². The zero-order valence-electron chi connectivity index (χ0n) is 7.68. The molecule has 0 aliphatic heterocycles. The molecular weight excluding hydrogens is 156 g/mol. The first-order chi connectivity index (χ1) is 5.45. The van der Waals surface area contributed by atoms with Gasteiger partial charge in [0.05, 0.1) is 0 Å². The number of aliphatic hydroxyl groups is 1. The Balaban J connectivity index is 3.76. The number of aliphatic hydroxyl groups excluding tert-OH is 1. The number of rotatable bonds is 1. The molecule has 0 fully saturated rings. The predicted octanol–water partition coefficient (Wildman–Crippen LogP) is 0.714. The van der Waals surface area contributed by atoms with Gasteiger partial charge < -0.3 is 9.84 Å². The highest BCUT2D eigenvalue weighted by Gasteiger charge is 2.14. The van der Waals surface area contributed by atoms with Crippen LogP contribution >= 0.6 is 0 Å². The molecule has 0 saturated carbocycles. The fraction of sp³-hybridized carbons (Fsp3) is 0.667. The van der Waals surface area contributed by atoms with Gasteiger partial charge in [0.2, 0.25) is 0 Å². The van der Waals surface area contributed by atoms with Crippen molar-refractivity contribution >= 4 is 5.97 Å². The van der Waals surface area contributed by atoms with Gasteiger partial charge in [-0.15, -0.1) is 0 Å². The maximum atomic E-state index is 10.9. The van der Waals surface area contributed by atoms with Crippen LogP contribution in [0.3, 0.4) is 0 Å². The summed E-state index contributed by atoms with van der Waals surface area (Å²) in [5, 5.41) is 8.29. The maximum Gasteiger partial charge on any atom is 0.318 e. The average Bonchev–Trinajstić information content (AvgIpc) is 1.84. The summed E-state index contributed by atoms with van der Waals surface area (Å²) in [5.74, 6) is 4.49. The van der Waals surface area contributed by atoms with E-state index in [-0.39, 0.29) is 19.0 Å². The highest BCUT2D eigenvalue weighted by molar-refractivity contribution is 5.72. The monoisotopic (exact) mass is 170 g/mol. The topological polar surface area (TPSA) is 46.5 Å². The van der Waals surface area contributed by atoms with Crippen molar-refractivity contribution in [2.24, 2.45) is 0 Å². The molecule has 12 heavy (non-hydrogen) atoms. The van der Waals surface area contributed by atoms with Gasteiger partial charge in [0.1, 0.15) is 18.6 Å². The molecule has 3 nitrogen and oxygen atoms in total. The normalized spacial score (nSPS) is 10.0. The van der Waals surface area contributed by atoms with Crippen molar-refractivity contribution in [3.8, 4) is 11.8 Å². The zero-order chi connectivity index (χ0) is 9.61. The van der Waals surface area contributed by atoms with Crippen LogP contribution in [0.15, 0.2) is 0 Å². The minimum absolute atomic E-state index is 0.0395. The average molecular weight is 170 g/mol. The minimum Gasteiger partial charge on any atom is -0.459 e. The molecule has 0 aromatic rings. The summed E-state index contributed by atoms with van der Waals surface area (Å²) in [4.78, 5) is 10.9. The van der Waals surface area contributed by atoms with E-state index >= 15 is 0 Å². The Labute approximate surface area is 72.7 Å². The van der Waals surface area contributed by atoms with Gasteiger partial charge in [-0.2, -0.15) is 0 Å². The van der Waals surface area contributed by atoms with Gasteiger partial charge in [-0.1, -0.05) is 11.8 Å². The van der Waals surface area contributed by atoms with E-state index in [0.717, 1.165) is 0 Å². The van der Waals surface area contributed by atoms with E-state index in [1.807, 2.05) is 0 Å². The Hall–Kier alpha value is -1.01. The van der Waals surface area contributed by atoms with E-state index in [9.17, 15) is 4.79 Å². The van der Waals surface area contributed by atoms with Crippen LogP contribution in [0.1, 0.15) is 27.2 Å². The summed E-state index contributed by atoms with van der Waals surface area (Å²) in [6.07, 6.45) is 0.0395. The van der Waals surface area contributed by atoms with Crippen molar-refractivity contribution in [2.75, 3.05) is 6.61 Å². The van der Waals surface area contributed by atoms with E-state index in [4.69, 9.17) is 9.84 Å². The van der Waals surface area contributed by atoms with Crippen LogP contribution in [-0.4, -0.2) is 23.3 Å². The second-order valence-electron chi connectivity index (χ2n) is 3.27. The van der Waals surface area contributed by atoms with Crippen molar-refractivity contribution < 1.29 is 14.6 Å². The summed E-state index contributed by atoms with van der Waals surface area (Å²) in [5.41, 5.74) is -0.460. The van der Waals surface area contributed by atoms with Crippen molar-refractivity contribution in [1.82, 2.24) is 0 Å². The van der Waals surface area contributed by atoms with Crippen molar-refractivity contribution in [3.63, 3.8) is 0 Å². The van der Waals surface area contributed by atoms with E-state index in [1.165, 1.54) is 0 Å². The Morgan fingerprint density at radius 2 is 2.00 bits per heavy atom. The number of hydrogen-bond donors (Lipinski definition) is 1. The van der Waals surface area contributed by atoms with Crippen molar-refractivity contribution in [2.45, 2.75) is 32.8 Å². The molecule has 0 bridgehead atoms. The zero-order valence-corrected chi connectivity index (χ0v) is 7.68. The molecule has 0 aromatic heterocycles. The Kier molecular flexibility index (Phi) is 4.38. The van der Waals surface area contributed by atoms with Gasteiger partial charge in [-0.3, -0.25) is 4.79 Å². The fourth-order valence-electron chi connectivity index (χ4n) is 0.568. The van der Waals surface area contributed by atoms with Crippen LogP contribution < -0.4 is 0 Å². The fourth-order valence-corrected chi connectivity index (χ4v) is 0.568. The van der Waals surface area contributed by atoms with Crippen LogP contribution in [-0.2, 0) is 9.53 Å². The Bertz CT molecular complexity index is 202. The molecule has 1 N–H and O–H groups in total. The summed E-state index contributed by atoms with van der Waals surface area (Å²) >= 11 is 0. The molecule has 0 rings (SSSR count). The van der Waals surface area contributed by atoms with E-state index in [2.05, 4.69) is 11.8 Å². The summed E-state index contributed by atoms with van der Waals surface area (Å²) in [7, 11) is 0. The molecule has 0 aliphatic rings.